The number of carbonyl (C=O) groups excluding carboxylic acids is 1. The molecule has 0 aromatic heterocycles. The van der Waals surface area contributed by atoms with Gasteiger partial charge in [-0.05, 0) is 5.56 Å². The molecule has 1 heterocycles. The van der Waals surface area contributed by atoms with E-state index < -0.39 is 11.9 Å². The van der Waals surface area contributed by atoms with Gasteiger partial charge in [0.25, 0.3) is 0 Å². The zero-order valence-electron chi connectivity index (χ0n) is 15.1. The van der Waals surface area contributed by atoms with Crippen LogP contribution in [0.25, 0.3) is 0 Å². The Kier molecular flexibility index (Phi) is 9.32. The molecule has 1 fully saturated rings. The molecule has 0 saturated carbocycles. The third-order valence-corrected chi connectivity index (χ3v) is 4.03. The molecule has 1 aliphatic rings. The van der Waals surface area contributed by atoms with Crippen LogP contribution >= 0.6 is 0 Å². The van der Waals surface area contributed by atoms with Crippen LogP contribution in [0, 0.1) is 5.92 Å². The molecule has 0 amide bonds. The zero-order valence-corrected chi connectivity index (χ0v) is 15.1. The van der Waals surface area contributed by atoms with Crippen LogP contribution in [-0.4, -0.2) is 77.8 Å². The highest BCUT2D eigenvalue weighted by atomic mass is 16.5. The van der Waals surface area contributed by atoms with Gasteiger partial charge < -0.3 is 14.9 Å². The monoisotopic (exact) mass is 366 g/mol. The van der Waals surface area contributed by atoms with Crippen molar-refractivity contribution in [3.8, 4) is 0 Å². The minimum Gasteiger partial charge on any atom is -0.473 e. The highest BCUT2D eigenvalue weighted by molar-refractivity contribution is 6.27. The lowest BCUT2D eigenvalue weighted by Crippen LogP contribution is -2.47. The number of hydrogen-bond acceptors (Lipinski definition) is 6. The molecule has 1 aliphatic heterocycles. The van der Waals surface area contributed by atoms with Crippen molar-refractivity contribution < 1.29 is 29.3 Å². The molecule has 26 heavy (non-hydrogen) atoms. The predicted molar refractivity (Wildman–Crippen MR) is 94.6 cm³/mol. The molecule has 1 aromatic carbocycles. The molecule has 1 unspecified atom stereocenters. The molecular formula is C18H26N2O6. The number of carbonyl (C=O) groups is 3. The van der Waals surface area contributed by atoms with Crippen LogP contribution in [0.15, 0.2) is 30.3 Å². The molecule has 144 valence electrons. The van der Waals surface area contributed by atoms with E-state index in [1.807, 2.05) is 6.92 Å². The van der Waals surface area contributed by atoms with Gasteiger partial charge in [0, 0.05) is 39.3 Å². The van der Waals surface area contributed by atoms with E-state index in [1.54, 1.807) is 0 Å². The molecule has 0 bridgehead atoms. The number of carboxylic acids is 2. The smallest absolute Gasteiger partial charge is 0.414 e. The van der Waals surface area contributed by atoms with Crippen LogP contribution in [0.5, 0.6) is 0 Å². The number of benzene rings is 1. The topological polar surface area (TPSA) is 107 Å². The normalized spacial score (nSPS) is 16.1. The maximum Gasteiger partial charge on any atom is 0.414 e. The van der Waals surface area contributed by atoms with Crippen molar-refractivity contribution in [3.63, 3.8) is 0 Å². The Balaban J connectivity index is 0.000000487. The van der Waals surface area contributed by atoms with Crippen molar-refractivity contribution in [3.05, 3.63) is 35.9 Å². The first kappa shape index (κ1) is 21.6. The summed E-state index contributed by atoms with van der Waals surface area (Å²) in [5.41, 5.74) is 1.36. The zero-order chi connectivity index (χ0) is 19.5. The fourth-order valence-corrected chi connectivity index (χ4v) is 2.63. The molecular weight excluding hydrogens is 340 g/mol. The maximum atomic E-state index is 11.4. The SMILES string of the molecule is COC(=O)C(C)CN1CCN(Cc2ccccc2)CC1.O=C(O)C(=O)O. The number of rotatable bonds is 5. The second kappa shape index (κ2) is 11.2. The first-order chi connectivity index (χ1) is 12.3. The lowest BCUT2D eigenvalue weighted by molar-refractivity contribution is -0.159. The number of esters is 1. The molecule has 8 heteroatoms. The van der Waals surface area contributed by atoms with Gasteiger partial charge in [-0.3, -0.25) is 14.6 Å². The van der Waals surface area contributed by atoms with Crippen molar-refractivity contribution in [1.82, 2.24) is 9.80 Å². The van der Waals surface area contributed by atoms with E-state index in [4.69, 9.17) is 24.5 Å². The molecule has 0 spiro atoms. The summed E-state index contributed by atoms with van der Waals surface area (Å²) < 4.78 is 4.78. The van der Waals surface area contributed by atoms with Crippen LogP contribution < -0.4 is 0 Å². The Bertz CT molecular complexity index is 573. The Labute approximate surface area is 153 Å². The van der Waals surface area contributed by atoms with Gasteiger partial charge >= 0.3 is 17.9 Å². The summed E-state index contributed by atoms with van der Waals surface area (Å²) in [6.07, 6.45) is 0. The lowest BCUT2D eigenvalue weighted by Gasteiger charge is -2.35. The summed E-state index contributed by atoms with van der Waals surface area (Å²) >= 11 is 0. The van der Waals surface area contributed by atoms with Crippen molar-refractivity contribution in [2.75, 3.05) is 39.8 Å². The Morgan fingerprint density at radius 3 is 1.96 bits per heavy atom. The van der Waals surface area contributed by atoms with Crippen molar-refractivity contribution in [2.45, 2.75) is 13.5 Å². The highest BCUT2D eigenvalue weighted by Gasteiger charge is 2.21. The van der Waals surface area contributed by atoms with Crippen molar-refractivity contribution in [2.24, 2.45) is 5.92 Å². The molecule has 1 atom stereocenters. The van der Waals surface area contributed by atoms with Gasteiger partial charge in [0.2, 0.25) is 0 Å². The number of nitrogens with zero attached hydrogens (tertiary/aromatic N) is 2. The first-order valence-corrected chi connectivity index (χ1v) is 8.36. The van der Waals surface area contributed by atoms with Crippen LogP contribution in [0.1, 0.15) is 12.5 Å². The molecule has 1 aromatic rings. The van der Waals surface area contributed by atoms with Crippen LogP contribution in [0.2, 0.25) is 0 Å². The van der Waals surface area contributed by atoms with Gasteiger partial charge in [0.05, 0.1) is 13.0 Å². The third-order valence-electron chi connectivity index (χ3n) is 4.03. The quantitative estimate of drug-likeness (QED) is 0.581. The fourth-order valence-electron chi connectivity index (χ4n) is 2.63. The minimum absolute atomic E-state index is 0.0410. The molecule has 2 N–H and O–H groups in total. The van der Waals surface area contributed by atoms with Gasteiger partial charge in [-0.2, -0.15) is 0 Å². The van der Waals surface area contributed by atoms with E-state index in [2.05, 4.69) is 40.1 Å². The van der Waals surface area contributed by atoms with Gasteiger partial charge in [-0.25, -0.2) is 9.59 Å². The fraction of sp³-hybridized carbons (Fsp3) is 0.500. The number of ether oxygens (including phenoxy) is 1. The van der Waals surface area contributed by atoms with Crippen LogP contribution in [-0.2, 0) is 25.7 Å². The van der Waals surface area contributed by atoms with Gasteiger partial charge in [-0.15, -0.1) is 0 Å². The van der Waals surface area contributed by atoms with E-state index in [0.717, 1.165) is 39.3 Å². The second-order valence-electron chi connectivity index (χ2n) is 6.10. The lowest BCUT2D eigenvalue weighted by atomic mass is 10.1. The number of carboxylic acid groups (broad SMARTS) is 2. The first-order valence-electron chi connectivity index (χ1n) is 8.36. The number of hydrogen-bond donors (Lipinski definition) is 2. The number of methoxy groups -OCH3 is 1. The summed E-state index contributed by atoms with van der Waals surface area (Å²) in [6.45, 7) is 7.91. The number of piperazine rings is 1. The predicted octanol–water partition coefficient (Wildman–Crippen LogP) is 0.769. The standard InChI is InChI=1S/C16H24N2O2.C2H2O4/c1-14(16(19)20-2)12-17-8-10-18(11-9-17)13-15-6-4-3-5-7-15;3-1(4)2(5)6/h3-7,14H,8-13H2,1-2H3;(H,3,4)(H,5,6). The third kappa shape index (κ3) is 8.09. The van der Waals surface area contributed by atoms with Crippen molar-refractivity contribution >= 4 is 17.9 Å². The van der Waals surface area contributed by atoms with Gasteiger partial charge in [0.1, 0.15) is 0 Å². The van der Waals surface area contributed by atoms with E-state index in [1.165, 1.54) is 12.7 Å². The molecule has 8 nitrogen and oxygen atoms in total. The molecule has 0 radical (unpaired) electrons. The minimum atomic E-state index is -1.82. The summed E-state index contributed by atoms with van der Waals surface area (Å²) in [4.78, 5) is 34.4. The average Bonchev–Trinajstić information content (AvgIpc) is 2.64. The van der Waals surface area contributed by atoms with E-state index in [9.17, 15) is 4.79 Å². The summed E-state index contributed by atoms with van der Waals surface area (Å²) in [5, 5.41) is 14.8. The van der Waals surface area contributed by atoms with E-state index in [-0.39, 0.29) is 11.9 Å². The van der Waals surface area contributed by atoms with Gasteiger partial charge in [-0.1, -0.05) is 37.3 Å². The Morgan fingerprint density at radius 2 is 1.50 bits per heavy atom. The van der Waals surface area contributed by atoms with Crippen LogP contribution in [0.4, 0.5) is 0 Å². The average molecular weight is 366 g/mol. The Hall–Kier alpha value is -2.45. The van der Waals surface area contributed by atoms with Crippen molar-refractivity contribution in [1.29, 1.82) is 0 Å². The largest absolute Gasteiger partial charge is 0.473 e. The van der Waals surface area contributed by atoms with Gasteiger partial charge in [0.15, 0.2) is 0 Å². The molecule has 0 aliphatic carbocycles. The molecule has 1 saturated heterocycles. The Morgan fingerprint density at radius 1 is 1.00 bits per heavy atom. The van der Waals surface area contributed by atoms with E-state index in [0.29, 0.717) is 0 Å². The second-order valence-corrected chi connectivity index (χ2v) is 6.10. The highest BCUT2D eigenvalue weighted by Crippen LogP contribution is 2.10. The van der Waals surface area contributed by atoms with Crippen LogP contribution in [0.3, 0.4) is 0 Å². The maximum absolute atomic E-state index is 11.4. The molecule has 2 rings (SSSR count). The summed E-state index contributed by atoms with van der Waals surface area (Å²) in [6, 6.07) is 10.6. The summed E-state index contributed by atoms with van der Waals surface area (Å²) in [5.74, 6) is -3.80. The summed E-state index contributed by atoms with van der Waals surface area (Å²) in [7, 11) is 1.45. The number of aliphatic carboxylic acids is 2. The van der Waals surface area contributed by atoms with E-state index >= 15 is 0 Å².